The molecule has 1 aromatic carbocycles. The second-order valence-corrected chi connectivity index (χ2v) is 6.60. The molecule has 1 N–H and O–H groups in total. The molecule has 8 nitrogen and oxygen atoms in total. The largest absolute Gasteiger partial charge is 0.377 e. The molecule has 0 saturated carbocycles. The maximum atomic E-state index is 13.7. The lowest BCUT2D eigenvalue weighted by Gasteiger charge is -2.26. The van der Waals surface area contributed by atoms with Crippen LogP contribution in [0.2, 0.25) is 5.02 Å². The fourth-order valence-electron chi connectivity index (χ4n) is 3.14. The molecule has 10 heteroatoms. The van der Waals surface area contributed by atoms with Crippen molar-refractivity contribution in [1.29, 1.82) is 0 Å². The van der Waals surface area contributed by atoms with Gasteiger partial charge in [0.1, 0.15) is 6.04 Å². The third kappa shape index (κ3) is 3.08. The van der Waals surface area contributed by atoms with Crippen molar-refractivity contribution in [3.05, 3.63) is 53.1 Å². The second-order valence-electron chi connectivity index (χ2n) is 6.19. The highest BCUT2D eigenvalue weighted by atomic mass is 35.5. The van der Waals surface area contributed by atoms with Gasteiger partial charge in [-0.3, -0.25) is 9.59 Å². The molecule has 2 aliphatic rings. The van der Waals surface area contributed by atoms with E-state index in [1.54, 1.807) is 0 Å². The van der Waals surface area contributed by atoms with E-state index in [-0.39, 0.29) is 28.7 Å². The first-order valence-corrected chi connectivity index (χ1v) is 8.79. The van der Waals surface area contributed by atoms with E-state index >= 15 is 0 Å². The van der Waals surface area contributed by atoms with Gasteiger partial charge in [-0.05, 0) is 30.3 Å². The third-order valence-corrected chi connectivity index (χ3v) is 4.79. The third-order valence-electron chi connectivity index (χ3n) is 4.49. The number of urea groups is 1. The molecule has 28 heavy (non-hydrogen) atoms. The Morgan fingerprint density at radius 3 is 2.86 bits per heavy atom. The molecule has 2 saturated heterocycles. The van der Waals surface area contributed by atoms with E-state index in [4.69, 9.17) is 16.3 Å². The van der Waals surface area contributed by atoms with Gasteiger partial charge in [0, 0.05) is 18.4 Å². The zero-order valence-electron chi connectivity index (χ0n) is 14.4. The number of aromatic nitrogens is 1. The number of anilines is 2. The predicted octanol–water partition coefficient (Wildman–Crippen LogP) is 2.29. The normalized spacial score (nSPS) is 19.0. The zero-order chi connectivity index (χ0) is 19.8. The van der Waals surface area contributed by atoms with E-state index < -0.39 is 29.7 Å². The Labute approximate surface area is 163 Å². The molecule has 0 bridgehead atoms. The molecular formula is C18H14ClFN4O4. The fourth-order valence-corrected chi connectivity index (χ4v) is 3.40. The number of amides is 4. The average Bonchev–Trinajstić information content (AvgIpc) is 2.93. The molecule has 1 unspecified atom stereocenters. The van der Waals surface area contributed by atoms with Crippen LogP contribution >= 0.6 is 11.6 Å². The standard InChI is InChI=1S/C18H14ClFN4O4/c19-11-8-10(22-16(25)15-12(20)2-1-5-21-15)3-4-13(11)24-17(26)14-9-28-7-6-23(14)18(24)27/h1-5,8,14H,6-7,9H2,(H,22,25). The Balaban J connectivity index is 1.57. The number of nitrogens with one attached hydrogen (secondary N) is 1. The number of ether oxygens (including phenoxy) is 1. The van der Waals surface area contributed by atoms with Gasteiger partial charge in [-0.2, -0.15) is 0 Å². The molecule has 0 spiro atoms. The highest BCUT2D eigenvalue weighted by Gasteiger charge is 2.47. The minimum Gasteiger partial charge on any atom is -0.377 e. The van der Waals surface area contributed by atoms with Crippen molar-refractivity contribution in [3.63, 3.8) is 0 Å². The highest BCUT2D eigenvalue weighted by molar-refractivity contribution is 6.36. The van der Waals surface area contributed by atoms with Crippen molar-refractivity contribution >= 4 is 40.8 Å². The Kier molecular flexibility index (Phi) is 4.70. The predicted molar refractivity (Wildman–Crippen MR) is 97.8 cm³/mol. The van der Waals surface area contributed by atoms with Gasteiger partial charge in [-0.1, -0.05) is 11.6 Å². The molecule has 2 aliphatic heterocycles. The molecule has 2 fully saturated rings. The maximum Gasteiger partial charge on any atom is 0.332 e. The number of benzene rings is 1. The Morgan fingerprint density at radius 1 is 1.32 bits per heavy atom. The number of imide groups is 1. The van der Waals surface area contributed by atoms with Gasteiger partial charge in [0.05, 0.1) is 23.9 Å². The highest BCUT2D eigenvalue weighted by Crippen LogP contribution is 2.34. The van der Waals surface area contributed by atoms with Gasteiger partial charge >= 0.3 is 6.03 Å². The summed E-state index contributed by atoms with van der Waals surface area (Å²) in [6.45, 7) is 0.835. The van der Waals surface area contributed by atoms with Crippen LogP contribution in [0.5, 0.6) is 0 Å². The van der Waals surface area contributed by atoms with Crippen LogP contribution < -0.4 is 10.2 Å². The van der Waals surface area contributed by atoms with Gasteiger partial charge in [0.15, 0.2) is 11.5 Å². The smallest absolute Gasteiger partial charge is 0.332 e. The number of nitrogens with zero attached hydrogens (tertiary/aromatic N) is 3. The van der Waals surface area contributed by atoms with Crippen LogP contribution in [0.25, 0.3) is 0 Å². The van der Waals surface area contributed by atoms with Crippen molar-refractivity contribution in [3.8, 4) is 0 Å². The first-order valence-electron chi connectivity index (χ1n) is 8.41. The summed E-state index contributed by atoms with van der Waals surface area (Å²) in [6, 6.07) is 5.67. The van der Waals surface area contributed by atoms with Gasteiger partial charge in [-0.15, -0.1) is 0 Å². The Morgan fingerprint density at radius 2 is 2.14 bits per heavy atom. The first kappa shape index (κ1) is 18.3. The van der Waals surface area contributed by atoms with E-state index in [0.29, 0.717) is 13.2 Å². The van der Waals surface area contributed by atoms with Crippen LogP contribution in [0.15, 0.2) is 36.5 Å². The molecule has 0 radical (unpaired) electrons. The molecule has 1 aromatic heterocycles. The molecule has 144 valence electrons. The topological polar surface area (TPSA) is 91.8 Å². The van der Waals surface area contributed by atoms with Crippen molar-refractivity contribution in [2.24, 2.45) is 0 Å². The summed E-state index contributed by atoms with van der Waals surface area (Å²) in [4.78, 5) is 43.5. The summed E-state index contributed by atoms with van der Waals surface area (Å²) >= 11 is 6.26. The van der Waals surface area contributed by atoms with E-state index in [1.165, 1.54) is 35.4 Å². The van der Waals surface area contributed by atoms with Crippen molar-refractivity contribution in [2.75, 3.05) is 30.0 Å². The molecule has 4 rings (SSSR count). The second kappa shape index (κ2) is 7.17. The van der Waals surface area contributed by atoms with E-state index in [2.05, 4.69) is 10.3 Å². The average molecular weight is 405 g/mol. The van der Waals surface area contributed by atoms with Crippen LogP contribution in [0.1, 0.15) is 10.5 Å². The van der Waals surface area contributed by atoms with Crippen LogP contribution in [0.4, 0.5) is 20.6 Å². The van der Waals surface area contributed by atoms with Crippen LogP contribution in [-0.2, 0) is 9.53 Å². The number of pyridine rings is 1. The lowest BCUT2D eigenvalue weighted by molar-refractivity contribution is -0.123. The summed E-state index contributed by atoms with van der Waals surface area (Å²) in [6.07, 6.45) is 1.30. The fraction of sp³-hybridized carbons (Fsp3) is 0.222. The van der Waals surface area contributed by atoms with Crippen LogP contribution in [-0.4, -0.2) is 53.5 Å². The number of morpholine rings is 1. The summed E-state index contributed by atoms with van der Waals surface area (Å²) < 4.78 is 18.9. The monoisotopic (exact) mass is 404 g/mol. The summed E-state index contributed by atoms with van der Waals surface area (Å²) in [7, 11) is 0. The van der Waals surface area contributed by atoms with E-state index in [1.807, 2.05) is 0 Å². The molecule has 3 heterocycles. The SMILES string of the molecule is O=C(Nc1ccc(N2C(=O)C3COCCN3C2=O)c(Cl)c1)c1ncccc1F. The number of hydrogen-bond acceptors (Lipinski definition) is 5. The number of halogens is 2. The Hall–Kier alpha value is -3.04. The Bertz CT molecular complexity index is 962. The number of hydrogen-bond donors (Lipinski definition) is 1. The molecule has 1 atom stereocenters. The van der Waals surface area contributed by atoms with Crippen LogP contribution in [0.3, 0.4) is 0 Å². The van der Waals surface area contributed by atoms with E-state index in [9.17, 15) is 18.8 Å². The van der Waals surface area contributed by atoms with Gasteiger partial charge in [0.2, 0.25) is 0 Å². The summed E-state index contributed by atoms with van der Waals surface area (Å²) in [5.74, 6) is -1.92. The van der Waals surface area contributed by atoms with Gasteiger partial charge < -0.3 is 15.0 Å². The van der Waals surface area contributed by atoms with Crippen molar-refractivity contribution in [2.45, 2.75) is 6.04 Å². The maximum absolute atomic E-state index is 13.7. The molecule has 4 amide bonds. The molecule has 0 aliphatic carbocycles. The van der Waals surface area contributed by atoms with E-state index in [0.717, 1.165) is 11.0 Å². The van der Waals surface area contributed by atoms with Gasteiger partial charge in [-0.25, -0.2) is 19.1 Å². The first-order chi connectivity index (χ1) is 13.5. The number of fused-ring (bicyclic) bond motifs is 1. The lowest BCUT2D eigenvalue weighted by atomic mass is 10.2. The number of carbonyl (C=O) groups is 3. The zero-order valence-corrected chi connectivity index (χ0v) is 15.1. The van der Waals surface area contributed by atoms with Gasteiger partial charge in [0.25, 0.3) is 11.8 Å². The number of rotatable bonds is 3. The molecule has 2 aromatic rings. The minimum absolute atomic E-state index is 0.0850. The quantitative estimate of drug-likeness (QED) is 0.792. The minimum atomic E-state index is -0.755. The van der Waals surface area contributed by atoms with Crippen molar-refractivity contribution < 1.29 is 23.5 Å². The van der Waals surface area contributed by atoms with Crippen LogP contribution in [0, 0.1) is 5.82 Å². The lowest BCUT2D eigenvalue weighted by Crippen LogP contribution is -2.45. The number of carbonyl (C=O) groups excluding carboxylic acids is 3. The summed E-state index contributed by atoms with van der Waals surface area (Å²) in [5, 5.41) is 2.57. The summed E-state index contributed by atoms with van der Waals surface area (Å²) in [5.41, 5.74) is 0.113. The van der Waals surface area contributed by atoms with Crippen molar-refractivity contribution in [1.82, 2.24) is 9.88 Å². The molecular weight excluding hydrogens is 391 g/mol.